The molecule has 0 atom stereocenters. The molecule has 0 heterocycles. The lowest BCUT2D eigenvalue weighted by molar-refractivity contribution is -0.388. The van der Waals surface area contributed by atoms with Crippen LogP contribution in [0.4, 0.5) is 5.69 Å². The van der Waals surface area contributed by atoms with Crippen molar-refractivity contribution >= 4 is 21.6 Å². The molecule has 0 spiro atoms. The Bertz CT molecular complexity index is 951. The van der Waals surface area contributed by atoms with Crippen molar-refractivity contribution in [3.63, 3.8) is 0 Å². The van der Waals surface area contributed by atoms with Crippen molar-refractivity contribution < 1.29 is 27.1 Å². The highest BCUT2D eigenvalue weighted by atomic mass is 32.2. The van der Waals surface area contributed by atoms with E-state index < -0.39 is 25.6 Å². The second kappa shape index (κ2) is 6.89. The maximum absolute atomic E-state index is 12.6. The Hall–Kier alpha value is -2.94. The number of hydrogen-bond acceptors (Lipinski definition) is 7. The number of methoxy groups -OCH3 is 1. The molecule has 0 saturated carbocycles. The van der Waals surface area contributed by atoms with Gasteiger partial charge in [-0.25, -0.2) is 0 Å². The van der Waals surface area contributed by atoms with Crippen molar-refractivity contribution in [3.8, 4) is 11.5 Å². The van der Waals surface area contributed by atoms with Crippen molar-refractivity contribution in [2.45, 2.75) is 18.7 Å². The molecule has 0 aliphatic heterocycles. The zero-order valence-electron chi connectivity index (χ0n) is 13.7. The minimum absolute atomic E-state index is 0.0208. The summed E-state index contributed by atoms with van der Waals surface area (Å²) in [7, 11) is -3.21. The molecule has 0 amide bonds. The first kappa shape index (κ1) is 18.4. The molecule has 8 nitrogen and oxygen atoms in total. The van der Waals surface area contributed by atoms with E-state index in [4.69, 9.17) is 8.92 Å². The van der Waals surface area contributed by atoms with Gasteiger partial charge in [0.2, 0.25) is 0 Å². The van der Waals surface area contributed by atoms with E-state index >= 15 is 0 Å². The predicted octanol–water partition coefficient (Wildman–Crippen LogP) is 2.88. The first-order valence-corrected chi connectivity index (χ1v) is 8.45. The summed E-state index contributed by atoms with van der Waals surface area (Å²) in [6.45, 7) is 2.78. The predicted molar refractivity (Wildman–Crippen MR) is 88.6 cm³/mol. The molecular weight excluding hydrogens is 350 g/mol. The first-order chi connectivity index (χ1) is 11.7. The van der Waals surface area contributed by atoms with Gasteiger partial charge in [-0.05, 0) is 37.6 Å². The highest BCUT2D eigenvalue weighted by molar-refractivity contribution is 7.87. The van der Waals surface area contributed by atoms with Crippen LogP contribution in [-0.2, 0) is 10.1 Å². The van der Waals surface area contributed by atoms with Crippen LogP contribution in [0.5, 0.6) is 11.5 Å². The molecule has 2 aromatic rings. The number of hydrogen-bond donors (Lipinski definition) is 0. The Morgan fingerprint density at radius 2 is 1.84 bits per heavy atom. The minimum atomic E-state index is -4.49. The fraction of sp³-hybridized carbons (Fsp3) is 0.188. The van der Waals surface area contributed by atoms with Crippen LogP contribution in [0.25, 0.3) is 0 Å². The van der Waals surface area contributed by atoms with Gasteiger partial charge in [-0.3, -0.25) is 14.9 Å². The van der Waals surface area contributed by atoms with Crippen LogP contribution in [0.2, 0.25) is 0 Å². The largest absolute Gasteiger partial charge is 0.493 e. The van der Waals surface area contributed by atoms with E-state index in [-0.39, 0.29) is 22.8 Å². The number of benzene rings is 2. The summed E-state index contributed by atoms with van der Waals surface area (Å²) in [6.07, 6.45) is 0. The number of ether oxygens (including phenoxy) is 1. The molecule has 132 valence electrons. The van der Waals surface area contributed by atoms with Crippen molar-refractivity contribution in [3.05, 3.63) is 57.6 Å². The van der Waals surface area contributed by atoms with E-state index in [1.165, 1.54) is 51.3 Å². The highest BCUT2D eigenvalue weighted by Gasteiger charge is 2.30. The fourth-order valence-electron chi connectivity index (χ4n) is 2.22. The second-order valence-electron chi connectivity index (χ2n) is 5.14. The summed E-state index contributed by atoms with van der Waals surface area (Å²) in [4.78, 5) is 21.2. The van der Waals surface area contributed by atoms with Crippen LogP contribution in [0, 0.1) is 17.0 Å². The highest BCUT2D eigenvalue weighted by Crippen LogP contribution is 2.34. The van der Waals surface area contributed by atoms with Crippen LogP contribution < -0.4 is 8.92 Å². The molecule has 0 saturated heterocycles. The molecule has 2 aromatic carbocycles. The zero-order chi connectivity index (χ0) is 18.8. The third kappa shape index (κ3) is 3.77. The Labute approximate surface area is 144 Å². The minimum Gasteiger partial charge on any atom is -0.493 e. The molecule has 0 aromatic heterocycles. The van der Waals surface area contributed by atoms with Gasteiger partial charge in [-0.2, -0.15) is 8.42 Å². The lowest BCUT2D eigenvalue weighted by Gasteiger charge is -2.13. The van der Waals surface area contributed by atoms with Crippen LogP contribution in [0.1, 0.15) is 22.8 Å². The number of nitro groups is 1. The van der Waals surface area contributed by atoms with E-state index in [1.54, 1.807) is 0 Å². The van der Waals surface area contributed by atoms with Gasteiger partial charge in [0.1, 0.15) is 0 Å². The number of nitrogens with zero attached hydrogens (tertiary/aromatic N) is 1. The molecule has 0 fully saturated rings. The number of Topliss-reactive ketones (excluding diaryl/α,β-unsaturated/α-hetero) is 1. The molecule has 2 rings (SSSR count). The molecule has 0 aliphatic carbocycles. The van der Waals surface area contributed by atoms with E-state index in [1.807, 2.05) is 0 Å². The van der Waals surface area contributed by atoms with Crippen molar-refractivity contribution in [2.75, 3.05) is 7.11 Å². The normalized spacial score (nSPS) is 11.0. The zero-order valence-corrected chi connectivity index (χ0v) is 14.5. The maximum Gasteiger partial charge on any atom is 0.346 e. The molecule has 0 bridgehead atoms. The Balaban J connectivity index is 2.54. The lowest BCUT2D eigenvalue weighted by atomic mass is 10.1. The van der Waals surface area contributed by atoms with E-state index in [2.05, 4.69) is 0 Å². The Kier molecular flexibility index (Phi) is 5.07. The number of rotatable bonds is 6. The van der Waals surface area contributed by atoms with Gasteiger partial charge >= 0.3 is 10.1 Å². The average molecular weight is 365 g/mol. The number of carbonyl (C=O) groups is 1. The summed E-state index contributed by atoms with van der Waals surface area (Å²) in [5.41, 5.74) is -0.101. The van der Waals surface area contributed by atoms with E-state index in [0.717, 1.165) is 6.07 Å². The molecule has 0 N–H and O–H groups in total. The van der Waals surface area contributed by atoms with Crippen molar-refractivity contribution in [2.24, 2.45) is 0 Å². The van der Waals surface area contributed by atoms with Crippen molar-refractivity contribution in [1.29, 1.82) is 0 Å². The van der Waals surface area contributed by atoms with Crippen LogP contribution in [-0.4, -0.2) is 26.2 Å². The van der Waals surface area contributed by atoms with Gasteiger partial charge in [-0.1, -0.05) is 12.1 Å². The molecule has 0 aliphatic rings. The van der Waals surface area contributed by atoms with Gasteiger partial charge < -0.3 is 8.92 Å². The molecular formula is C16H15NO7S. The van der Waals surface area contributed by atoms with Crippen molar-refractivity contribution in [1.82, 2.24) is 0 Å². The number of carbonyl (C=O) groups excluding carboxylic acids is 1. The lowest BCUT2D eigenvalue weighted by Crippen LogP contribution is -2.14. The molecule has 25 heavy (non-hydrogen) atoms. The topological polar surface area (TPSA) is 113 Å². The SMILES string of the molecule is COc1cc(C(C)=O)ccc1OS(=O)(=O)c1c(C)cccc1[N+](=O)[O-]. The van der Waals surface area contributed by atoms with Crippen LogP contribution in [0.3, 0.4) is 0 Å². The summed E-state index contributed by atoms with van der Waals surface area (Å²) in [5, 5.41) is 11.1. The summed E-state index contributed by atoms with van der Waals surface area (Å²) in [6, 6.07) is 7.87. The van der Waals surface area contributed by atoms with Gasteiger partial charge in [0.15, 0.2) is 22.2 Å². The smallest absolute Gasteiger partial charge is 0.346 e. The quantitative estimate of drug-likeness (QED) is 0.335. The van der Waals surface area contributed by atoms with Crippen LogP contribution >= 0.6 is 0 Å². The number of aryl methyl sites for hydroxylation is 1. The van der Waals surface area contributed by atoms with Gasteiger partial charge in [0.05, 0.1) is 12.0 Å². The third-order valence-corrected chi connectivity index (χ3v) is 4.84. The van der Waals surface area contributed by atoms with Gasteiger partial charge in [0, 0.05) is 11.6 Å². The maximum atomic E-state index is 12.6. The summed E-state index contributed by atoms with van der Waals surface area (Å²) < 4.78 is 35.3. The molecule has 9 heteroatoms. The van der Waals surface area contributed by atoms with Gasteiger partial charge in [-0.15, -0.1) is 0 Å². The number of ketones is 1. The Morgan fingerprint density at radius 3 is 2.40 bits per heavy atom. The average Bonchev–Trinajstić information content (AvgIpc) is 2.54. The third-order valence-electron chi connectivity index (χ3n) is 3.41. The standard InChI is InChI=1S/C16H15NO7S/c1-10-5-4-6-13(17(19)20)16(10)25(21,22)24-14-8-7-12(11(2)18)9-15(14)23-3/h4-9H,1-3H3. The molecule has 0 radical (unpaired) electrons. The first-order valence-electron chi connectivity index (χ1n) is 7.05. The van der Waals surface area contributed by atoms with E-state index in [0.29, 0.717) is 5.56 Å². The summed E-state index contributed by atoms with van der Waals surface area (Å²) in [5.74, 6) is -0.389. The second-order valence-corrected chi connectivity index (χ2v) is 6.62. The number of nitro benzene ring substituents is 1. The molecule has 0 unspecified atom stereocenters. The van der Waals surface area contributed by atoms with E-state index in [9.17, 15) is 23.3 Å². The van der Waals surface area contributed by atoms with Gasteiger partial charge in [0.25, 0.3) is 5.69 Å². The monoisotopic (exact) mass is 365 g/mol. The summed E-state index contributed by atoms with van der Waals surface area (Å²) >= 11 is 0. The Morgan fingerprint density at radius 1 is 1.16 bits per heavy atom. The van der Waals surface area contributed by atoms with Crippen LogP contribution in [0.15, 0.2) is 41.3 Å². The fourth-order valence-corrected chi connectivity index (χ4v) is 3.54.